The van der Waals surface area contributed by atoms with Crippen LogP contribution in [0.4, 0.5) is 17.6 Å². The molecule has 0 radical (unpaired) electrons. The minimum Gasteiger partial charge on any atom is -0.478 e. The zero-order valence-corrected chi connectivity index (χ0v) is 19.0. The molecule has 0 aliphatic carbocycles. The molecule has 3 aromatic carbocycles. The molecule has 2 heterocycles. The van der Waals surface area contributed by atoms with Crippen LogP contribution in [-0.2, 0) is 6.18 Å². The van der Waals surface area contributed by atoms with Gasteiger partial charge in [0.2, 0.25) is 5.89 Å². The Hall–Kier alpha value is -4.51. The number of alkyl halides is 3. The minimum absolute atomic E-state index is 0.0189. The van der Waals surface area contributed by atoms with Gasteiger partial charge in [-0.05, 0) is 48.5 Å². The number of hydrogen-bond donors (Lipinski definition) is 1. The SMILES string of the molecule is O=C(O)c1ccc(-c2nn(C(=O)c3c(Cl)cccc3C(F)(F)F)c3cc(-c4ncco4)ccc23)c(F)c1. The molecule has 186 valence electrons. The van der Waals surface area contributed by atoms with Crippen LogP contribution in [0.5, 0.6) is 0 Å². The molecule has 0 unspecified atom stereocenters. The quantitative estimate of drug-likeness (QED) is 0.265. The van der Waals surface area contributed by atoms with Crippen LogP contribution in [0, 0.1) is 5.82 Å². The average Bonchev–Trinajstić information content (AvgIpc) is 3.51. The fourth-order valence-electron chi connectivity index (χ4n) is 3.89. The summed E-state index contributed by atoms with van der Waals surface area (Å²) in [5, 5.41) is 13.0. The summed E-state index contributed by atoms with van der Waals surface area (Å²) in [6.45, 7) is 0. The topological polar surface area (TPSA) is 98.2 Å². The second kappa shape index (κ2) is 8.86. The van der Waals surface area contributed by atoms with Gasteiger partial charge in [0.1, 0.15) is 17.8 Å². The third-order valence-electron chi connectivity index (χ3n) is 5.56. The Bertz CT molecular complexity index is 1690. The Morgan fingerprint density at radius 3 is 2.49 bits per heavy atom. The van der Waals surface area contributed by atoms with Gasteiger partial charge in [-0.25, -0.2) is 14.2 Å². The van der Waals surface area contributed by atoms with Crippen molar-refractivity contribution in [2.45, 2.75) is 6.18 Å². The highest BCUT2D eigenvalue weighted by atomic mass is 35.5. The highest BCUT2D eigenvalue weighted by Gasteiger charge is 2.37. The van der Waals surface area contributed by atoms with Crippen LogP contribution in [0.1, 0.15) is 26.3 Å². The van der Waals surface area contributed by atoms with Gasteiger partial charge in [-0.2, -0.15) is 23.0 Å². The van der Waals surface area contributed by atoms with Crippen molar-refractivity contribution in [2.24, 2.45) is 0 Å². The van der Waals surface area contributed by atoms with E-state index in [1.807, 2.05) is 0 Å². The highest BCUT2D eigenvalue weighted by molar-refractivity contribution is 6.34. The molecule has 0 atom stereocenters. The predicted molar refractivity (Wildman–Crippen MR) is 124 cm³/mol. The fourth-order valence-corrected chi connectivity index (χ4v) is 4.15. The fraction of sp³-hybridized carbons (Fsp3) is 0.0400. The van der Waals surface area contributed by atoms with E-state index in [-0.39, 0.29) is 33.6 Å². The molecule has 7 nitrogen and oxygen atoms in total. The summed E-state index contributed by atoms with van der Waals surface area (Å²) in [5.41, 5.74) is -2.30. The Morgan fingerprint density at radius 2 is 1.84 bits per heavy atom. The maximum atomic E-state index is 15.0. The first-order chi connectivity index (χ1) is 17.6. The summed E-state index contributed by atoms with van der Waals surface area (Å²) < 4.78 is 62.1. The van der Waals surface area contributed by atoms with Crippen molar-refractivity contribution in [3.8, 4) is 22.7 Å². The second-order valence-electron chi connectivity index (χ2n) is 7.79. The standard InChI is InChI=1S/C25H12ClF4N3O4/c26-17-3-1-2-16(25(28,29)30)20(17)23(34)33-19-11-12(22-31-8-9-37-22)4-7-15(19)21(32-33)14-6-5-13(24(35)36)10-18(14)27/h1-11H,(H,35,36). The monoisotopic (exact) mass is 529 g/mol. The molecule has 0 fully saturated rings. The number of benzene rings is 3. The Labute approximate surface area is 209 Å². The number of fused-ring (bicyclic) bond motifs is 1. The molecule has 37 heavy (non-hydrogen) atoms. The maximum Gasteiger partial charge on any atom is 0.417 e. The van der Waals surface area contributed by atoms with E-state index in [4.69, 9.17) is 21.1 Å². The molecule has 0 saturated heterocycles. The van der Waals surface area contributed by atoms with Crippen LogP contribution in [0.15, 0.2) is 71.5 Å². The van der Waals surface area contributed by atoms with Crippen LogP contribution in [0.3, 0.4) is 0 Å². The van der Waals surface area contributed by atoms with E-state index >= 15 is 0 Å². The molecule has 5 aromatic rings. The summed E-state index contributed by atoms with van der Waals surface area (Å²) in [4.78, 5) is 28.8. The van der Waals surface area contributed by atoms with Gasteiger partial charge in [0.25, 0.3) is 5.91 Å². The normalized spacial score (nSPS) is 11.7. The second-order valence-corrected chi connectivity index (χ2v) is 8.20. The predicted octanol–water partition coefficient (Wildman–Crippen LogP) is 6.56. The van der Waals surface area contributed by atoms with Gasteiger partial charge in [-0.15, -0.1) is 0 Å². The zero-order chi connectivity index (χ0) is 26.5. The van der Waals surface area contributed by atoms with E-state index in [1.165, 1.54) is 24.6 Å². The van der Waals surface area contributed by atoms with E-state index in [2.05, 4.69) is 10.1 Å². The van der Waals surface area contributed by atoms with Gasteiger partial charge in [-0.1, -0.05) is 17.7 Å². The largest absolute Gasteiger partial charge is 0.478 e. The lowest BCUT2D eigenvalue weighted by Gasteiger charge is -2.13. The maximum absolute atomic E-state index is 15.0. The van der Waals surface area contributed by atoms with E-state index in [9.17, 15) is 27.2 Å². The van der Waals surface area contributed by atoms with Gasteiger partial charge in [0.15, 0.2) is 0 Å². The molecule has 5 rings (SSSR count). The average molecular weight is 530 g/mol. The molecule has 0 aliphatic rings. The lowest BCUT2D eigenvalue weighted by Crippen LogP contribution is -2.20. The van der Waals surface area contributed by atoms with Gasteiger partial charge >= 0.3 is 12.1 Å². The van der Waals surface area contributed by atoms with Gasteiger partial charge in [0, 0.05) is 16.5 Å². The van der Waals surface area contributed by atoms with Crippen molar-refractivity contribution in [3.63, 3.8) is 0 Å². The van der Waals surface area contributed by atoms with Crippen molar-refractivity contribution in [1.82, 2.24) is 14.8 Å². The van der Waals surface area contributed by atoms with Crippen LogP contribution >= 0.6 is 11.6 Å². The summed E-state index contributed by atoms with van der Waals surface area (Å²) >= 11 is 6.04. The number of oxazole rings is 1. The van der Waals surface area contributed by atoms with Gasteiger partial charge in [0.05, 0.1) is 33.4 Å². The molecule has 0 bridgehead atoms. The van der Waals surface area contributed by atoms with Crippen molar-refractivity contribution in [2.75, 3.05) is 0 Å². The van der Waals surface area contributed by atoms with Gasteiger partial charge < -0.3 is 9.52 Å². The zero-order valence-electron chi connectivity index (χ0n) is 18.3. The molecule has 0 aliphatic heterocycles. The summed E-state index contributed by atoms with van der Waals surface area (Å²) in [5.74, 6) is -3.36. The first kappa shape index (κ1) is 24.2. The number of nitrogens with zero attached hydrogens (tertiary/aromatic N) is 3. The molecular formula is C25H12ClF4N3O4. The third-order valence-corrected chi connectivity index (χ3v) is 5.87. The molecule has 2 aromatic heterocycles. The number of aromatic carboxylic acids is 1. The smallest absolute Gasteiger partial charge is 0.417 e. The Kier molecular flexibility index (Phi) is 5.79. The Balaban J connectivity index is 1.78. The van der Waals surface area contributed by atoms with E-state index in [1.54, 1.807) is 6.07 Å². The molecule has 0 amide bonds. The summed E-state index contributed by atoms with van der Waals surface area (Å²) in [6.07, 6.45) is -2.21. The van der Waals surface area contributed by atoms with Crippen molar-refractivity contribution >= 4 is 34.4 Å². The van der Waals surface area contributed by atoms with Crippen molar-refractivity contribution in [1.29, 1.82) is 0 Å². The van der Waals surface area contributed by atoms with Crippen LogP contribution in [0.25, 0.3) is 33.6 Å². The number of carbonyl (C=O) groups excluding carboxylic acids is 1. The number of rotatable bonds is 4. The van der Waals surface area contributed by atoms with Crippen molar-refractivity contribution < 1.29 is 36.7 Å². The van der Waals surface area contributed by atoms with Crippen molar-refractivity contribution in [3.05, 3.63) is 94.6 Å². The van der Waals surface area contributed by atoms with Crippen LogP contribution in [-0.4, -0.2) is 31.7 Å². The van der Waals surface area contributed by atoms with Crippen LogP contribution in [0.2, 0.25) is 5.02 Å². The number of carbonyl (C=O) groups is 2. The minimum atomic E-state index is -4.90. The van der Waals surface area contributed by atoms with Gasteiger partial charge in [-0.3, -0.25) is 4.79 Å². The number of halogens is 5. The first-order valence-electron chi connectivity index (χ1n) is 10.4. The molecular weight excluding hydrogens is 518 g/mol. The lowest BCUT2D eigenvalue weighted by molar-refractivity contribution is -0.137. The van der Waals surface area contributed by atoms with E-state index in [0.717, 1.165) is 30.3 Å². The lowest BCUT2D eigenvalue weighted by atomic mass is 10.0. The van der Waals surface area contributed by atoms with E-state index < -0.39 is 40.0 Å². The number of hydrogen-bond acceptors (Lipinski definition) is 5. The molecule has 12 heteroatoms. The summed E-state index contributed by atoms with van der Waals surface area (Å²) in [7, 11) is 0. The van der Waals surface area contributed by atoms with Crippen LogP contribution < -0.4 is 0 Å². The highest BCUT2D eigenvalue weighted by Crippen LogP contribution is 2.37. The molecule has 0 spiro atoms. The number of aromatic nitrogens is 3. The van der Waals surface area contributed by atoms with E-state index in [0.29, 0.717) is 16.3 Å². The summed E-state index contributed by atoms with van der Waals surface area (Å²) in [6, 6.07) is 10.4. The number of carboxylic acids is 1. The Morgan fingerprint density at radius 1 is 1.05 bits per heavy atom. The number of carboxylic acid groups (broad SMARTS) is 1. The third kappa shape index (κ3) is 4.23. The first-order valence-corrected chi connectivity index (χ1v) is 10.8. The molecule has 1 N–H and O–H groups in total. The molecule has 0 saturated carbocycles.